The van der Waals surface area contributed by atoms with E-state index in [1.165, 1.54) is 0 Å². The highest BCUT2D eigenvalue weighted by atomic mass is 16.5. The molecule has 0 saturated carbocycles. The number of rotatable bonds is 1. The van der Waals surface area contributed by atoms with Crippen molar-refractivity contribution >= 4 is 5.91 Å². The van der Waals surface area contributed by atoms with Crippen LogP contribution in [0.4, 0.5) is 0 Å². The topological polar surface area (TPSA) is 64.8 Å². The molecule has 0 aromatic heterocycles. The van der Waals surface area contributed by atoms with Crippen molar-refractivity contribution in [2.24, 2.45) is 11.1 Å². The normalized spacial score (nSPS) is 42.8. The fraction of sp³-hybridized carbons (Fsp3) is 0.917. The SMILES string of the molecule is C[C@@H]1CN(C(=O)C2(C)COCC2N)C[C@H](C)O1. The lowest BCUT2D eigenvalue weighted by atomic mass is 9.84. The first kappa shape index (κ1) is 12.8. The summed E-state index contributed by atoms with van der Waals surface area (Å²) in [6.07, 6.45) is 0.176. The summed E-state index contributed by atoms with van der Waals surface area (Å²) in [5, 5.41) is 0. The second-order valence-electron chi connectivity index (χ2n) is 5.51. The molecule has 2 saturated heterocycles. The molecular formula is C12H22N2O3. The fourth-order valence-electron chi connectivity index (χ4n) is 2.61. The molecule has 4 atom stereocenters. The molecule has 98 valence electrons. The van der Waals surface area contributed by atoms with E-state index in [9.17, 15) is 4.79 Å². The quantitative estimate of drug-likeness (QED) is 0.702. The Morgan fingerprint density at radius 1 is 1.35 bits per heavy atom. The van der Waals surface area contributed by atoms with E-state index in [1.807, 2.05) is 25.7 Å². The van der Waals surface area contributed by atoms with E-state index in [2.05, 4.69) is 0 Å². The number of nitrogens with two attached hydrogens (primary N) is 1. The summed E-state index contributed by atoms with van der Waals surface area (Å²) in [4.78, 5) is 14.4. The van der Waals surface area contributed by atoms with Gasteiger partial charge >= 0.3 is 0 Å². The first-order valence-electron chi connectivity index (χ1n) is 6.21. The fourth-order valence-corrected chi connectivity index (χ4v) is 2.61. The van der Waals surface area contributed by atoms with Crippen LogP contribution in [0.25, 0.3) is 0 Å². The van der Waals surface area contributed by atoms with Crippen molar-refractivity contribution in [2.75, 3.05) is 26.3 Å². The summed E-state index contributed by atoms with van der Waals surface area (Å²) in [7, 11) is 0. The molecule has 2 aliphatic heterocycles. The van der Waals surface area contributed by atoms with Gasteiger partial charge in [-0.25, -0.2) is 0 Å². The second-order valence-corrected chi connectivity index (χ2v) is 5.51. The molecule has 17 heavy (non-hydrogen) atoms. The highest BCUT2D eigenvalue weighted by Gasteiger charge is 2.47. The number of nitrogens with zero attached hydrogens (tertiary/aromatic N) is 1. The molecule has 0 radical (unpaired) electrons. The molecule has 1 amide bonds. The van der Waals surface area contributed by atoms with Crippen LogP contribution in [-0.4, -0.2) is 55.4 Å². The van der Waals surface area contributed by atoms with Gasteiger partial charge in [-0.05, 0) is 20.8 Å². The lowest BCUT2D eigenvalue weighted by Gasteiger charge is -2.40. The molecule has 2 heterocycles. The number of morpholine rings is 1. The minimum absolute atomic E-state index is 0.0878. The van der Waals surface area contributed by atoms with Crippen molar-refractivity contribution in [1.29, 1.82) is 0 Å². The van der Waals surface area contributed by atoms with Gasteiger partial charge in [0.1, 0.15) is 0 Å². The molecule has 0 aromatic rings. The molecule has 0 aromatic carbocycles. The molecule has 2 N–H and O–H groups in total. The maximum atomic E-state index is 12.5. The zero-order valence-corrected chi connectivity index (χ0v) is 10.8. The summed E-state index contributed by atoms with van der Waals surface area (Å²) in [5.74, 6) is 0.101. The number of amides is 1. The van der Waals surface area contributed by atoms with Crippen LogP contribution in [0.1, 0.15) is 20.8 Å². The summed E-state index contributed by atoms with van der Waals surface area (Å²) in [5.41, 5.74) is 5.41. The van der Waals surface area contributed by atoms with Crippen LogP contribution < -0.4 is 5.73 Å². The van der Waals surface area contributed by atoms with Gasteiger partial charge in [-0.1, -0.05) is 0 Å². The van der Waals surface area contributed by atoms with E-state index in [4.69, 9.17) is 15.2 Å². The van der Waals surface area contributed by atoms with Crippen LogP contribution in [0.3, 0.4) is 0 Å². The Kier molecular flexibility index (Phi) is 3.43. The molecule has 2 unspecified atom stereocenters. The number of hydrogen-bond acceptors (Lipinski definition) is 4. The van der Waals surface area contributed by atoms with Crippen LogP contribution >= 0.6 is 0 Å². The highest BCUT2D eigenvalue weighted by Crippen LogP contribution is 2.30. The Hall–Kier alpha value is -0.650. The Morgan fingerprint density at radius 3 is 2.41 bits per heavy atom. The molecule has 2 aliphatic rings. The van der Waals surface area contributed by atoms with Gasteiger partial charge in [-0.3, -0.25) is 4.79 Å². The van der Waals surface area contributed by atoms with Gasteiger partial charge in [0, 0.05) is 19.1 Å². The van der Waals surface area contributed by atoms with Crippen molar-refractivity contribution in [3.63, 3.8) is 0 Å². The van der Waals surface area contributed by atoms with Gasteiger partial charge in [0.15, 0.2) is 0 Å². The zero-order chi connectivity index (χ0) is 12.6. The Balaban J connectivity index is 2.09. The Morgan fingerprint density at radius 2 is 1.94 bits per heavy atom. The largest absolute Gasteiger partial charge is 0.379 e. The van der Waals surface area contributed by atoms with Gasteiger partial charge < -0.3 is 20.1 Å². The van der Waals surface area contributed by atoms with Crippen molar-refractivity contribution in [2.45, 2.75) is 39.0 Å². The number of carbonyl (C=O) groups excluding carboxylic acids is 1. The third-order valence-electron chi connectivity index (χ3n) is 3.71. The van der Waals surface area contributed by atoms with E-state index in [0.29, 0.717) is 26.3 Å². The zero-order valence-electron chi connectivity index (χ0n) is 10.8. The van der Waals surface area contributed by atoms with Gasteiger partial charge in [0.05, 0.1) is 30.8 Å². The molecule has 0 aliphatic carbocycles. The predicted octanol–water partition coefficient (Wildman–Crippen LogP) is -0.0140. The van der Waals surface area contributed by atoms with Gasteiger partial charge in [-0.15, -0.1) is 0 Å². The summed E-state index contributed by atoms with van der Waals surface area (Å²) in [6.45, 7) is 8.06. The van der Waals surface area contributed by atoms with E-state index in [0.717, 1.165) is 0 Å². The molecule has 0 bridgehead atoms. The lowest BCUT2D eigenvalue weighted by Crippen LogP contribution is -2.56. The lowest BCUT2D eigenvalue weighted by molar-refractivity contribution is -0.153. The van der Waals surface area contributed by atoms with Gasteiger partial charge in [0.2, 0.25) is 5.91 Å². The third-order valence-corrected chi connectivity index (χ3v) is 3.71. The minimum atomic E-state index is -0.573. The first-order chi connectivity index (χ1) is 7.93. The molecule has 5 nitrogen and oxygen atoms in total. The average molecular weight is 242 g/mol. The molecule has 5 heteroatoms. The maximum absolute atomic E-state index is 12.5. The van der Waals surface area contributed by atoms with Gasteiger partial charge in [-0.2, -0.15) is 0 Å². The summed E-state index contributed by atoms with van der Waals surface area (Å²) < 4.78 is 11.0. The standard InChI is InChI=1S/C12H22N2O3/c1-8-4-14(5-9(2)17-8)11(15)12(3)7-16-6-10(12)13/h8-10H,4-7,13H2,1-3H3/t8-,9+,10?,12?. The summed E-state index contributed by atoms with van der Waals surface area (Å²) >= 11 is 0. The van der Waals surface area contributed by atoms with E-state index in [1.54, 1.807) is 0 Å². The molecule has 2 rings (SSSR count). The van der Waals surface area contributed by atoms with Crippen molar-refractivity contribution in [3.8, 4) is 0 Å². The first-order valence-corrected chi connectivity index (χ1v) is 6.21. The maximum Gasteiger partial charge on any atom is 0.232 e. The van der Waals surface area contributed by atoms with Crippen LogP contribution in [0.5, 0.6) is 0 Å². The van der Waals surface area contributed by atoms with Crippen molar-refractivity contribution < 1.29 is 14.3 Å². The van der Waals surface area contributed by atoms with Crippen molar-refractivity contribution in [3.05, 3.63) is 0 Å². The summed E-state index contributed by atoms with van der Waals surface area (Å²) in [6, 6.07) is -0.205. The van der Waals surface area contributed by atoms with E-state index >= 15 is 0 Å². The highest BCUT2D eigenvalue weighted by molar-refractivity contribution is 5.84. The Labute approximate surface area is 102 Å². The number of hydrogen-bond donors (Lipinski definition) is 1. The van der Waals surface area contributed by atoms with Crippen molar-refractivity contribution in [1.82, 2.24) is 4.90 Å². The smallest absolute Gasteiger partial charge is 0.232 e. The van der Waals surface area contributed by atoms with E-state index in [-0.39, 0.29) is 24.2 Å². The van der Waals surface area contributed by atoms with Crippen LogP contribution in [0.2, 0.25) is 0 Å². The monoisotopic (exact) mass is 242 g/mol. The second kappa shape index (κ2) is 4.55. The van der Waals surface area contributed by atoms with Crippen LogP contribution in [0, 0.1) is 5.41 Å². The van der Waals surface area contributed by atoms with Crippen LogP contribution in [0.15, 0.2) is 0 Å². The minimum Gasteiger partial charge on any atom is -0.379 e. The van der Waals surface area contributed by atoms with Crippen LogP contribution in [-0.2, 0) is 14.3 Å². The third kappa shape index (κ3) is 2.32. The number of ether oxygens (including phenoxy) is 2. The van der Waals surface area contributed by atoms with Gasteiger partial charge in [0.25, 0.3) is 0 Å². The predicted molar refractivity (Wildman–Crippen MR) is 63.5 cm³/mol. The molecular weight excluding hydrogens is 220 g/mol. The molecule has 0 spiro atoms. The molecule has 2 fully saturated rings. The Bertz CT molecular complexity index is 300. The van der Waals surface area contributed by atoms with E-state index < -0.39 is 5.41 Å². The average Bonchev–Trinajstić information content (AvgIpc) is 2.58. The number of carbonyl (C=O) groups is 1.